The zero-order valence-corrected chi connectivity index (χ0v) is 19.8. The maximum atomic E-state index is 10.6. The molecule has 4 aliphatic rings. The Bertz CT molecular complexity index is 1220. The first-order chi connectivity index (χ1) is 17.8. The van der Waals surface area contributed by atoms with E-state index < -0.39 is 43.4 Å². The average Bonchev–Trinajstić information content (AvgIpc) is 2.90. The van der Waals surface area contributed by atoms with Crippen molar-refractivity contribution in [1.29, 1.82) is 0 Å². The van der Waals surface area contributed by atoms with Crippen LogP contribution in [0.1, 0.15) is 5.56 Å². The molecule has 37 heavy (non-hydrogen) atoms. The third-order valence-electron chi connectivity index (χ3n) is 6.39. The Balaban J connectivity index is 1.67. The largest absolute Gasteiger partial charge is 0.508 e. The van der Waals surface area contributed by atoms with Gasteiger partial charge in [-0.3, -0.25) is 0 Å². The van der Waals surface area contributed by atoms with E-state index in [4.69, 9.17) is 28.4 Å². The van der Waals surface area contributed by atoms with Gasteiger partial charge in [-0.15, -0.1) is 0 Å². The number of hydrogen-bond donors (Lipinski definition) is 6. The van der Waals surface area contributed by atoms with Gasteiger partial charge >= 0.3 is 0 Å². The molecule has 6 atom stereocenters. The van der Waals surface area contributed by atoms with E-state index >= 15 is 0 Å². The predicted octanol–water partition coefficient (Wildman–Crippen LogP) is 0.473. The Labute approximate surface area is 210 Å². The number of phenols is 1. The molecule has 12 nitrogen and oxygen atoms in total. The van der Waals surface area contributed by atoms with Crippen LogP contribution in [0.4, 0.5) is 0 Å². The van der Waals surface area contributed by atoms with Crippen LogP contribution in [0.2, 0.25) is 0 Å². The van der Waals surface area contributed by atoms with E-state index in [1.54, 1.807) is 6.08 Å². The van der Waals surface area contributed by atoms with E-state index in [1.807, 2.05) is 0 Å². The van der Waals surface area contributed by atoms with E-state index in [2.05, 4.69) is 0 Å². The van der Waals surface area contributed by atoms with E-state index in [0.29, 0.717) is 16.7 Å². The number of hydrogen-bond acceptors (Lipinski definition) is 12. The van der Waals surface area contributed by atoms with Crippen molar-refractivity contribution in [1.82, 2.24) is 0 Å². The van der Waals surface area contributed by atoms with Gasteiger partial charge in [-0.25, -0.2) is 0 Å². The van der Waals surface area contributed by atoms with Crippen molar-refractivity contribution < 1.29 is 59.1 Å². The van der Waals surface area contributed by atoms with Crippen LogP contribution in [0.3, 0.4) is 0 Å². The molecule has 1 aliphatic carbocycles. The molecule has 3 heterocycles. The van der Waals surface area contributed by atoms with Crippen LogP contribution >= 0.6 is 0 Å². The lowest BCUT2D eigenvalue weighted by Crippen LogP contribution is -2.59. The molecule has 0 aromatic heterocycles. The zero-order valence-electron chi connectivity index (χ0n) is 19.8. The first kappa shape index (κ1) is 25.0. The van der Waals surface area contributed by atoms with Crippen molar-refractivity contribution in [2.75, 3.05) is 20.8 Å². The second-order valence-corrected chi connectivity index (χ2v) is 8.59. The molecule has 12 heteroatoms. The fourth-order valence-corrected chi connectivity index (χ4v) is 4.49. The second kappa shape index (κ2) is 9.65. The highest BCUT2D eigenvalue weighted by molar-refractivity contribution is 5.76. The highest BCUT2D eigenvalue weighted by Gasteiger charge is 2.46. The summed E-state index contributed by atoms with van der Waals surface area (Å²) in [6.45, 7) is -0.639. The molecule has 3 aliphatic heterocycles. The summed E-state index contributed by atoms with van der Waals surface area (Å²) in [7, 11) is 2.72. The molecule has 1 saturated heterocycles. The van der Waals surface area contributed by atoms with Gasteiger partial charge in [0.2, 0.25) is 12.0 Å². The number of aliphatic hydroxyl groups excluding tert-OH is 5. The molecule has 198 valence electrons. The summed E-state index contributed by atoms with van der Waals surface area (Å²) in [4.78, 5) is 0. The average molecular weight is 518 g/mol. The lowest BCUT2D eigenvalue weighted by Gasteiger charge is -2.41. The minimum absolute atomic E-state index is 0.0469. The Morgan fingerprint density at radius 2 is 1.68 bits per heavy atom. The summed E-state index contributed by atoms with van der Waals surface area (Å²) < 4.78 is 34.0. The molecule has 6 unspecified atom stereocenters. The van der Waals surface area contributed by atoms with E-state index in [-0.39, 0.29) is 40.3 Å². The Hall–Kier alpha value is -3.68. The molecule has 0 bridgehead atoms. The van der Waals surface area contributed by atoms with Crippen molar-refractivity contribution in [3.05, 3.63) is 70.6 Å². The Kier molecular flexibility index (Phi) is 6.52. The molecule has 0 radical (unpaired) electrons. The van der Waals surface area contributed by atoms with Crippen molar-refractivity contribution in [3.8, 4) is 17.2 Å². The molecular formula is C25H26O12. The summed E-state index contributed by atoms with van der Waals surface area (Å²) in [5, 5.41) is 61.2. The number of aliphatic hydroxyl groups is 5. The maximum absolute atomic E-state index is 10.6. The number of aromatic hydroxyl groups is 1. The number of rotatable bonds is 6. The molecule has 0 saturated carbocycles. The van der Waals surface area contributed by atoms with Crippen LogP contribution < -0.4 is 9.47 Å². The van der Waals surface area contributed by atoms with Crippen LogP contribution in [0, 0.1) is 0 Å². The van der Waals surface area contributed by atoms with Crippen LogP contribution in [-0.4, -0.2) is 88.3 Å². The van der Waals surface area contributed by atoms with Crippen LogP contribution in [0.25, 0.3) is 5.76 Å². The van der Waals surface area contributed by atoms with E-state index in [0.717, 1.165) is 0 Å². The minimum atomic E-state index is -1.69. The third-order valence-corrected chi connectivity index (χ3v) is 6.39. The van der Waals surface area contributed by atoms with Crippen molar-refractivity contribution >= 4 is 5.76 Å². The first-order valence-corrected chi connectivity index (χ1v) is 11.3. The molecule has 1 fully saturated rings. The summed E-state index contributed by atoms with van der Waals surface area (Å²) in [5.74, 6) is 0.175. The quantitative estimate of drug-likeness (QED) is 0.307. The number of allylic oxidation sites excluding steroid dienone is 2. The van der Waals surface area contributed by atoms with Crippen LogP contribution in [0.15, 0.2) is 65.0 Å². The van der Waals surface area contributed by atoms with Gasteiger partial charge in [0.15, 0.2) is 23.0 Å². The van der Waals surface area contributed by atoms with E-state index in [9.17, 15) is 30.6 Å². The summed E-state index contributed by atoms with van der Waals surface area (Å²) in [6, 6.07) is 2.93. The molecule has 6 N–H and O–H groups in total. The van der Waals surface area contributed by atoms with Gasteiger partial charge in [-0.05, 0) is 18.2 Å². The van der Waals surface area contributed by atoms with Gasteiger partial charge in [0, 0.05) is 23.3 Å². The van der Waals surface area contributed by atoms with Gasteiger partial charge in [0.1, 0.15) is 42.0 Å². The highest BCUT2D eigenvalue weighted by Crippen LogP contribution is 2.47. The fraction of sp³-hybridized carbons (Fsp3) is 0.360. The van der Waals surface area contributed by atoms with Gasteiger partial charge in [-0.2, -0.15) is 0 Å². The lowest BCUT2D eigenvalue weighted by molar-refractivity contribution is -0.290. The molecule has 5 rings (SSSR count). The second-order valence-electron chi connectivity index (χ2n) is 8.59. The maximum Gasteiger partial charge on any atom is 0.229 e. The van der Waals surface area contributed by atoms with Gasteiger partial charge in [-0.1, -0.05) is 0 Å². The number of ether oxygens (including phenoxy) is 6. The zero-order chi connectivity index (χ0) is 26.4. The molecule has 1 aromatic rings. The summed E-state index contributed by atoms with van der Waals surface area (Å²) in [5.41, 5.74) is 1.29. The Morgan fingerprint density at radius 1 is 0.973 bits per heavy atom. The van der Waals surface area contributed by atoms with Gasteiger partial charge in [0.05, 0.1) is 32.7 Å². The smallest absolute Gasteiger partial charge is 0.229 e. The number of phenolic OH excluding ortho intramolecular Hbond substituents is 1. The molecular weight excluding hydrogens is 492 g/mol. The molecule has 0 amide bonds. The van der Waals surface area contributed by atoms with E-state index in [1.165, 1.54) is 44.8 Å². The lowest BCUT2D eigenvalue weighted by atomic mass is 9.90. The summed E-state index contributed by atoms with van der Waals surface area (Å²) >= 11 is 0. The molecule has 0 spiro atoms. The monoisotopic (exact) mass is 518 g/mol. The number of methoxy groups -OCH3 is 2. The van der Waals surface area contributed by atoms with Crippen molar-refractivity contribution in [2.24, 2.45) is 0 Å². The van der Waals surface area contributed by atoms with Gasteiger partial charge in [0.25, 0.3) is 0 Å². The Morgan fingerprint density at radius 3 is 2.32 bits per heavy atom. The minimum Gasteiger partial charge on any atom is -0.508 e. The normalized spacial score (nSPS) is 30.5. The predicted molar refractivity (Wildman–Crippen MR) is 124 cm³/mol. The standard InChI is InChI=1S/C25H26O12/c1-32-15-5-10(6-16(33-2)19(15)28)23-24(37-25-22(31)21(30)20(29)17(9-26)36-25)12-3-4-34-13-7-11(27)8-14(35-23)18(12)13/h3-8,13,17,20-22,25-31H,9H2,1-2H3. The summed E-state index contributed by atoms with van der Waals surface area (Å²) in [6.07, 6.45) is -2.51. The topological polar surface area (TPSA) is 177 Å². The molecule has 1 aromatic carbocycles. The van der Waals surface area contributed by atoms with Crippen LogP contribution in [0.5, 0.6) is 17.2 Å². The SMILES string of the molecule is COc1cc(C2=C(OC3OC(CO)C(O)C(O)C3O)C3=C4C(=CC(O)=CC4OC=C3)O2)cc(OC)c1O. The fourth-order valence-electron chi connectivity index (χ4n) is 4.49. The van der Waals surface area contributed by atoms with Crippen LogP contribution in [-0.2, 0) is 18.9 Å². The first-order valence-electron chi connectivity index (χ1n) is 11.3. The third kappa shape index (κ3) is 4.18. The van der Waals surface area contributed by atoms with Crippen molar-refractivity contribution in [2.45, 2.75) is 36.8 Å². The van der Waals surface area contributed by atoms with Crippen molar-refractivity contribution in [3.63, 3.8) is 0 Å². The number of benzene rings is 1. The highest BCUT2D eigenvalue weighted by atomic mass is 16.7. The van der Waals surface area contributed by atoms with Gasteiger partial charge < -0.3 is 59.1 Å².